The van der Waals surface area contributed by atoms with Gasteiger partial charge in [0.05, 0.1) is 10.8 Å². The van der Waals surface area contributed by atoms with Gasteiger partial charge in [-0.25, -0.2) is 0 Å². The van der Waals surface area contributed by atoms with Crippen LogP contribution in [0, 0.1) is 0 Å². The van der Waals surface area contributed by atoms with Crippen LogP contribution in [-0.4, -0.2) is 14.1 Å². The minimum Gasteiger partial charge on any atom is -0.378 e. The fraction of sp³-hybridized carbons (Fsp3) is 0.0741. The highest BCUT2D eigenvalue weighted by atomic mass is 32.1. The van der Waals surface area contributed by atoms with E-state index in [2.05, 4.69) is 126 Å². The number of nitrogens with zero attached hydrogens (tertiary/aromatic N) is 2. The number of para-hydroxylation sites is 1. The third-order valence-electron chi connectivity index (χ3n) is 5.42. The average Bonchev–Trinajstić information content (AvgIpc) is 3.22. The molecule has 0 aliphatic carbocycles. The molecular weight excluding hydrogens is 384 g/mol. The van der Waals surface area contributed by atoms with Crippen molar-refractivity contribution in [1.29, 1.82) is 0 Å². The molecule has 0 aliphatic rings. The lowest BCUT2D eigenvalue weighted by Crippen LogP contribution is -2.23. The lowest BCUT2D eigenvalue weighted by Gasteiger charge is -2.11. The molecule has 0 saturated heterocycles. The summed E-state index contributed by atoms with van der Waals surface area (Å²) in [6, 6.07) is 30.2. The lowest BCUT2D eigenvalue weighted by atomic mass is 10.1. The van der Waals surface area contributed by atoms with Gasteiger partial charge in [0.25, 0.3) is 4.83 Å². The van der Waals surface area contributed by atoms with Crippen LogP contribution in [0.25, 0.3) is 39.1 Å². The van der Waals surface area contributed by atoms with Gasteiger partial charge in [-0.1, -0.05) is 66.0 Å². The Labute approximate surface area is 181 Å². The van der Waals surface area contributed by atoms with Crippen LogP contribution >= 0.6 is 11.3 Å². The molecule has 0 fully saturated rings. The molecule has 0 saturated carbocycles. The van der Waals surface area contributed by atoms with Crippen molar-refractivity contribution in [2.75, 3.05) is 19.0 Å². The molecule has 0 radical (unpaired) electrons. The summed E-state index contributed by atoms with van der Waals surface area (Å²) in [5.41, 5.74) is 7.36. The zero-order valence-electron chi connectivity index (χ0n) is 17.1. The minimum atomic E-state index is 1.20. The number of hydrogen-bond acceptors (Lipinski definition) is 2. The molecule has 5 aromatic rings. The third kappa shape index (κ3) is 3.38. The largest absolute Gasteiger partial charge is 0.378 e. The molecule has 146 valence electrons. The molecule has 0 unspecified atom stereocenters. The lowest BCUT2D eigenvalue weighted by molar-refractivity contribution is -0.464. The smallest absolute Gasteiger partial charge is 0.268 e. The number of anilines is 1. The van der Waals surface area contributed by atoms with E-state index in [1.165, 1.54) is 43.8 Å². The topological polar surface area (TPSA) is 7.34 Å². The molecule has 3 aromatic carbocycles. The number of rotatable bonds is 4. The summed E-state index contributed by atoms with van der Waals surface area (Å²) in [4.78, 5) is 3.36. The van der Waals surface area contributed by atoms with E-state index in [1.807, 2.05) is 0 Å². The summed E-state index contributed by atoms with van der Waals surface area (Å²) >= 11 is 1.79. The molecule has 2 nitrogen and oxygen atoms in total. The Morgan fingerprint density at radius 1 is 0.800 bits per heavy atom. The van der Waals surface area contributed by atoms with E-state index in [9.17, 15) is 0 Å². The number of aromatic nitrogens is 1. The van der Waals surface area contributed by atoms with Crippen LogP contribution in [0.4, 0.5) is 5.69 Å². The summed E-state index contributed by atoms with van der Waals surface area (Å²) in [5.74, 6) is 0. The second-order valence-corrected chi connectivity index (χ2v) is 8.49. The number of pyridine rings is 1. The van der Waals surface area contributed by atoms with Gasteiger partial charge in [0, 0.05) is 37.5 Å². The average molecular weight is 408 g/mol. The number of thiazole rings is 1. The molecule has 0 atom stereocenters. The molecule has 0 spiro atoms. The summed E-state index contributed by atoms with van der Waals surface area (Å²) in [5, 5.41) is 3.51. The van der Waals surface area contributed by atoms with E-state index in [4.69, 9.17) is 0 Å². The van der Waals surface area contributed by atoms with Gasteiger partial charge < -0.3 is 4.90 Å². The molecule has 2 heterocycles. The first-order valence-corrected chi connectivity index (χ1v) is 10.9. The van der Waals surface area contributed by atoms with E-state index in [1.54, 1.807) is 11.3 Å². The van der Waals surface area contributed by atoms with Gasteiger partial charge >= 0.3 is 0 Å². The molecule has 30 heavy (non-hydrogen) atoms. The van der Waals surface area contributed by atoms with Crippen molar-refractivity contribution in [3.8, 4) is 11.3 Å². The van der Waals surface area contributed by atoms with Crippen LogP contribution in [0.1, 0.15) is 11.1 Å². The highest BCUT2D eigenvalue weighted by Gasteiger charge is 2.20. The molecular formula is C27H23N2S+. The summed E-state index contributed by atoms with van der Waals surface area (Å²) in [6.45, 7) is 0. The molecule has 0 aliphatic heterocycles. The van der Waals surface area contributed by atoms with Crippen LogP contribution in [0.2, 0.25) is 0 Å². The van der Waals surface area contributed by atoms with Gasteiger partial charge in [-0.2, -0.15) is 0 Å². The molecule has 5 rings (SSSR count). The minimum absolute atomic E-state index is 1.20. The maximum atomic E-state index is 2.37. The quantitative estimate of drug-likeness (QED) is 0.307. The highest BCUT2D eigenvalue weighted by Crippen LogP contribution is 2.27. The SMILES string of the molecule is CN(C)c1ccc(/C=C/c2cc3scc(-c4ccccc4)[n+]3c3ccccc23)cc1. The number of fused-ring (bicyclic) bond motifs is 3. The Hall–Kier alpha value is -3.43. The van der Waals surface area contributed by atoms with Crippen molar-refractivity contribution in [1.82, 2.24) is 0 Å². The van der Waals surface area contributed by atoms with Crippen molar-refractivity contribution in [3.63, 3.8) is 0 Å². The number of benzene rings is 3. The second kappa shape index (κ2) is 7.77. The first-order valence-electron chi connectivity index (χ1n) is 10.1. The fourth-order valence-electron chi connectivity index (χ4n) is 3.82. The Balaban J connectivity index is 1.63. The molecule has 2 aromatic heterocycles. The summed E-state index contributed by atoms with van der Waals surface area (Å²) in [6.07, 6.45) is 4.43. The monoisotopic (exact) mass is 407 g/mol. The molecule has 0 N–H and O–H groups in total. The van der Waals surface area contributed by atoms with Crippen molar-refractivity contribution < 1.29 is 4.40 Å². The highest BCUT2D eigenvalue weighted by molar-refractivity contribution is 7.15. The van der Waals surface area contributed by atoms with Crippen LogP contribution in [0.15, 0.2) is 90.3 Å². The Morgan fingerprint density at radius 2 is 1.53 bits per heavy atom. The van der Waals surface area contributed by atoms with E-state index in [0.717, 1.165) is 0 Å². The Bertz CT molecular complexity index is 1350. The maximum absolute atomic E-state index is 2.37. The predicted octanol–water partition coefficient (Wildman–Crippen LogP) is 6.54. The Morgan fingerprint density at radius 3 is 2.30 bits per heavy atom. The van der Waals surface area contributed by atoms with Gasteiger partial charge in [0.1, 0.15) is 0 Å². The van der Waals surface area contributed by atoms with Crippen molar-refractivity contribution in [2.24, 2.45) is 0 Å². The maximum Gasteiger partial charge on any atom is 0.268 e. The fourth-order valence-corrected chi connectivity index (χ4v) is 4.80. The zero-order valence-corrected chi connectivity index (χ0v) is 17.9. The van der Waals surface area contributed by atoms with E-state index < -0.39 is 0 Å². The van der Waals surface area contributed by atoms with Crippen molar-refractivity contribution in [3.05, 3.63) is 101 Å². The van der Waals surface area contributed by atoms with Gasteiger partial charge in [-0.15, -0.1) is 4.40 Å². The van der Waals surface area contributed by atoms with E-state index >= 15 is 0 Å². The van der Waals surface area contributed by atoms with Gasteiger partial charge in [0.15, 0.2) is 0 Å². The van der Waals surface area contributed by atoms with Gasteiger partial charge in [-0.05, 0) is 41.5 Å². The first kappa shape index (κ1) is 18.6. The summed E-state index contributed by atoms with van der Waals surface area (Å²) in [7, 11) is 4.13. The van der Waals surface area contributed by atoms with Crippen molar-refractivity contribution in [2.45, 2.75) is 0 Å². The van der Waals surface area contributed by atoms with Crippen LogP contribution in [0.3, 0.4) is 0 Å². The van der Waals surface area contributed by atoms with E-state index in [-0.39, 0.29) is 0 Å². The molecule has 0 bridgehead atoms. The van der Waals surface area contributed by atoms with Crippen LogP contribution in [0.5, 0.6) is 0 Å². The standard InChI is InChI=1S/C27H23N2S/c1-28(2)23-16-13-20(14-17-23)12-15-22-18-27-29(25-11-7-6-10-24(22)25)26(19-30-27)21-8-4-3-5-9-21/h3-19H,1-2H3/q+1. The van der Waals surface area contributed by atoms with Gasteiger partial charge in [0.2, 0.25) is 11.2 Å². The second-order valence-electron chi connectivity index (χ2n) is 7.60. The van der Waals surface area contributed by atoms with Crippen LogP contribution < -0.4 is 9.30 Å². The first-order chi connectivity index (χ1) is 14.7. The van der Waals surface area contributed by atoms with Gasteiger partial charge in [-0.3, -0.25) is 0 Å². The third-order valence-corrected chi connectivity index (χ3v) is 6.30. The van der Waals surface area contributed by atoms with Crippen molar-refractivity contribution >= 4 is 44.9 Å². The molecule has 3 heteroatoms. The van der Waals surface area contributed by atoms with Crippen LogP contribution in [-0.2, 0) is 0 Å². The summed E-state index contributed by atoms with van der Waals surface area (Å²) < 4.78 is 2.37. The molecule has 0 amide bonds. The zero-order chi connectivity index (χ0) is 20.5. The Kier molecular flexibility index (Phi) is 4.82. The normalized spacial score (nSPS) is 11.5. The van der Waals surface area contributed by atoms with E-state index in [0.29, 0.717) is 0 Å². The predicted molar refractivity (Wildman–Crippen MR) is 130 cm³/mol. The number of hydrogen-bond donors (Lipinski definition) is 0.